The van der Waals surface area contributed by atoms with E-state index in [0.29, 0.717) is 17.7 Å². The largest absolute Gasteiger partial charge is 0.465 e. The standard InChI is InChI=1S/C23H36N2O5S2/c1-6-30-22(26)21(25-32(28,29)23(2,3)4)20-16-12-7-9-13-18(20)17-31(27,24-5)19-14-10-8-11-15-19/h8,10-11,14-15,17,20-21,25H,6-7,9,12-13,16H2,1-5H3/b18-17-/t20-,21+,31?/m1/s1. The molecule has 1 N–H and O–H groups in total. The van der Waals surface area contributed by atoms with E-state index >= 15 is 0 Å². The Hall–Kier alpha value is -1.71. The lowest BCUT2D eigenvalue weighted by molar-refractivity contribution is -0.146. The number of carbonyl (C=O) groups is 1. The summed E-state index contributed by atoms with van der Waals surface area (Å²) in [6.45, 7) is 6.58. The summed E-state index contributed by atoms with van der Waals surface area (Å²) in [6.07, 6.45) is 3.88. The van der Waals surface area contributed by atoms with Crippen LogP contribution in [0.15, 0.2) is 50.6 Å². The number of hydrogen-bond donors (Lipinski definition) is 1. The normalized spacial score (nSPS) is 21.9. The van der Waals surface area contributed by atoms with E-state index in [1.165, 1.54) is 7.05 Å². The van der Waals surface area contributed by atoms with Crippen molar-refractivity contribution in [3.05, 3.63) is 41.3 Å². The van der Waals surface area contributed by atoms with Gasteiger partial charge in [-0.3, -0.25) is 4.79 Å². The molecule has 1 saturated carbocycles. The van der Waals surface area contributed by atoms with Gasteiger partial charge in [-0.2, -0.15) is 4.72 Å². The van der Waals surface area contributed by atoms with E-state index in [9.17, 15) is 17.4 Å². The minimum Gasteiger partial charge on any atom is -0.465 e. The molecule has 0 bridgehead atoms. The molecule has 9 heteroatoms. The number of hydrogen-bond acceptors (Lipinski definition) is 6. The number of ether oxygens (including phenoxy) is 1. The van der Waals surface area contributed by atoms with Gasteiger partial charge in [-0.05, 0) is 59.1 Å². The number of carbonyl (C=O) groups excluding carboxylic acids is 1. The molecule has 0 spiro atoms. The van der Waals surface area contributed by atoms with Crippen molar-refractivity contribution in [2.75, 3.05) is 13.7 Å². The third-order valence-corrected chi connectivity index (χ3v) is 9.94. The van der Waals surface area contributed by atoms with Crippen LogP contribution in [-0.4, -0.2) is 43.0 Å². The van der Waals surface area contributed by atoms with Crippen molar-refractivity contribution in [1.29, 1.82) is 0 Å². The van der Waals surface area contributed by atoms with Crippen molar-refractivity contribution in [2.45, 2.75) is 75.5 Å². The molecular formula is C23H36N2O5S2. The molecule has 3 atom stereocenters. The van der Waals surface area contributed by atoms with Gasteiger partial charge in [0, 0.05) is 18.4 Å². The second-order valence-corrected chi connectivity index (χ2v) is 13.6. The van der Waals surface area contributed by atoms with Crippen molar-refractivity contribution in [3.63, 3.8) is 0 Å². The second-order valence-electron chi connectivity index (χ2n) is 8.93. The Morgan fingerprint density at radius 2 is 1.84 bits per heavy atom. The average molecular weight is 485 g/mol. The van der Waals surface area contributed by atoms with Gasteiger partial charge < -0.3 is 4.74 Å². The SMILES string of the molecule is CCOC(=O)[C@@H](NS(=O)(=O)C(C)(C)C)[C@@H]1CCCCC/C1=C/S(=O)(=NC)c1ccccc1. The molecule has 0 radical (unpaired) electrons. The number of sulfonamides is 1. The van der Waals surface area contributed by atoms with Crippen LogP contribution < -0.4 is 4.72 Å². The van der Waals surface area contributed by atoms with Crippen molar-refractivity contribution in [3.8, 4) is 0 Å². The highest BCUT2D eigenvalue weighted by atomic mass is 32.2. The van der Waals surface area contributed by atoms with Gasteiger partial charge in [-0.25, -0.2) is 17.0 Å². The van der Waals surface area contributed by atoms with Crippen LogP contribution in [0.25, 0.3) is 0 Å². The number of nitrogens with zero attached hydrogens (tertiary/aromatic N) is 1. The molecule has 1 aromatic rings. The highest BCUT2D eigenvalue weighted by Gasteiger charge is 2.40. The molecule has 0 heterocycles. The number of nitrogens with one attached hydrogen (secondary N) is 1. The van der Waals surface area contributed by atoms with E-state index in [0.717, 1.165) is 24.8 Å². The van der Waals surface area contributed by atoms with Gasteiger partial charge >= 0.3 is 5.97 Å². The number of esters is 1. The predicted octanol–water partition coefficient (Wildman–Crippen LogP) is 4.26. The number of rotatable bonds is 7. The van der Waals surface area contributed by atoms with Gasteiger partial charge in [0.2, 0.25) is 10.0 Å². The lowest BCUT2D eigenvalue weighted by atomic mass is 9.88. The first-order valence-corrected chi connectivity index (χ1v) is 14.1. The smallest absolute Gasteiger partial charge is 0.324 e. The van der Waals surface area contributed by atoms with Crippen LogP contribution in [0.4, 0.5) is 0 Å². The Kier molecular flexibility index (Phi) is 9.07. The Morgan fingerprint density at radius 3 is 2.41 bits per heavy atom. The monoisotopic (exact) mass is 484 g/mol. The molecule has 0 aliphatic heterocycles. The Bertz CT molecular complexity index is 1030. The maximum absolute atomic E-state index is 13.7. The third-order valence-electron chi connectivity index (χ3n) is 5.65. The van der Waals surface area contributed by atoms with Crippen LogP contribution in [0.3, 0.4) is 0 Å². The predicted molar refractivity (Wildman–Crippen MR) is 128 cm³/mol. The van der Waals surface area contributed by atoms with Gasteiger partial charge in [0.1, 0.15) is 6.04 Å². The average Bonchev–Trinajstić information content (AvgIpc) is 2.97. The summed E-state index contributed by atoms with van der Waals surface area (Å²) in [5.74, 6) is -1.07. The molecule has 32 heavy (non-hydrogen) atoms. The van der Waals surface area contributed by atoms with E-state index in [4.69, 9.17) is 4.74 Å². The molecule has 0 aromatic heterocycles. The first-order valence-electron chi connectivity index (χ1n) is 11.0. The van der Waals surface area contributed by atoms with Crippen LogP contribution in [0.2, 0.25) is 0 Å². The fraction of sp³-hybridized carbons (Fsp3) is 0.609. The minimum atomic E-state index is -3.82. The van der Waals surface area contributed by atoms with Gasteiger partial charge in [0.05, 0.1) is 26.0 Å². The molecule has 1 aliphatic carbocycles. The molecular weight excluding hydrogens is 448 g/mol. The van der Waals surface area contributed by atoms with E-state index < -0.39 is 42.4 Å². The molecule has 0 amide bonds. The summed E-state index contributed by atoms with van der Waals surface area (Å²) in [7, 11) is -5.17. The maximum Gasteiger partial charge on any atom is 0.324 e. The maximum atomic E-state index is 13.7. The molecule has 1 aromatic carbocycles. The lowest BCUT2D eigenvalue weighted by Crippen LogP contribution is -2.52. The van der Waals surface area contributed by atoms with Crippen LogP contribution in [0.1, 0.15) is 59.8 Å². The third kappa shape index (κ3) is 6.42. The van der Waals surface area contributed by atoms with Gasteiger partial charge in [-0.1, -0.05) is 36.6 Å². The molecule has 0 saturated heterocycles. The zero-order valence-corrected chi connectivity index (χ0v) is 21.3. The fourth-order valence-electron chi connectivity index (χ4n) is 3.69. The fourth-order valence-corrected chi connectivity index (χ4v) is 6.34. The minimum absolute atomic E-state index is 0.142. The van der Waals surface area contributed by atoms with E-state index in [2.05, 4.69) is 9.08 Å². The zero-order valence-electron chi connectivity index (χ0n) is 19.7. The van der Waals surface area contributed by atoms with Crippen LogP contribution in [-0.2, 0) is 29.3 Å². The van der Waals surface area contributed by atoms with E-state index in [1.807, 2.05) is 18.2 Å². The van der Waals surface area contributed by atoms with E-state index in [1.54, 1.807) is 45.2 Å². The summed E-state index contributed by atoms with van der Waals surface area (Å²) in [6, 6.07) is 7.91. The van der Waals surface area contributed by atoms with Crippen molar-refractivity contribution in [2.24, 2.45) is 10.3 Å². The summed E-state index contributed by atoms with van der Waals surface area (Å²) < 4.78 is 50.6. The topological polar surface area (TPSA) is 102 Å². The Labute approximate surface area is 193 Å². The van der Waals surface area contributed by atoms with Crippen molar-refractivity contribution >= 4 is 25.7 Å². The van der Waals surface area contributed by atoms with Crippen molar-refractivity contribution in [1.82, 2.24) is 4.72 Å². The first kappa shape index (κ1) is 26.5. The van der Waals surface area contributed by atoms with Crippen LogP contribution in [0, 0.1) is 5.92 Å². The highest BCUT2D eigenvalue weighted by Crippen LogP contribution is 2.34. The Balaban J connectivity index is 2.59. The van der Waals surface area contributed by atoms with Gasteiger partial charge in [-0.15, -0.1) is 0 Å². The first-order chi connectivity index (χ1) is 14.9. The summed E-state index contributed by atoms with van der Waals surface area (Å²) in [4.78, 5) is 13.5. The van der Waals surface area contributed by atoms with Crippen LogP contribution in [0.5, 0.6) is 0 Å². The van der Waals surface area contributed by atoms with Crippen LogP contribution >= 0.6 is 0 Å². The lowest BCUT2D eigenvalue weighted by Gasteiger charge is -2.30. The molecule has 7 nitrogen and oxygen atoms in total. The zero-order chi connectivity index (χ0) is 24.0. The summed E-state index contributed by atoms with van der Waals surface area (Å²) in [5.41, 5.74) is 0.789. The summed E-state index contributed by atoms with van der Waals surface area (Å²) >= 11 is 0. The quantitative estimate of drug-likeness (QED) is 0.460. The molecule has 180 valence electrons. The molecule has 1 unspecified atom stereocenters. The van der Waals surface area contributed by atoms with Gasteiger partial charge in [0.15, 0.2) is 0 Å². The highest BCUT2D eigenvalue weighted by molar-refractivity contribution is 7.96. The second kappa shape index (κ2) is 10.9. The van der Waals surface area contributed by atoms with Crippen molar-refractivity contribution < 1.29 is 22.2 Å². The molecule has 1 fully saturated rings. The number of benzene rings is 1. The van der Waals surface area contributed by atoms with E-state index in [-0.39, 0.29) is 6.61 Å². The van der Waals surface area contributed by atoms with Gasteiger partial charge in [0.25, 0.3) is 0 Å². The Morgan fingerprint density at radius 1 is 1.19 bits per heavy atom. The summed E-state index contributed by atoms with van der Waals surface area (Å²) in [5, 5.41) is 1.66. The molecule has 2 rings (SSSR count). The molecule has 1 aliphatic rings.